The van der Waals surface area contributed by atoms with Crippen LogP contribution in [0.2, 0.25) is 0 Å². The number of aromatic amines is 1. The van der Waals surface area contributed by atoms with Crippen LogP contribution >= 0.6 is 11.8 Å². The molecule has 0 aliphatic carbocycles. The summed E-state index contributed by atoms with van der Waals surface area (Å²) in [5.41, 5.74) is -0.205. The van der Waals surface area contributed by atoms with Crippen LogP contribution in [0.25, 0.3) is 0 Å². The summed E-state index contributed by atoms with van der Waals surface area (Å²) in [6.45, 7) is 0. The van der Waals surface area contributed by atoms with Crippen LogP contribution in [0, 0.1) is 15.9 Å². The van der Waals surface area contributed by atoms with Gasteiger partial charge in [0, 0.05) is 29.8 Å². The number of nitro groups is 1. The zero-order valence-corrected chi connectivity index (χ0v) is 9.41. The average molecular weight is 253 g/mol. The van der Waals surface area contributed by atoms with Crippen molar-refractivity contribution >= 4 is 17.4 Å². The van der Waals surface area contributed by atoms with Crippen LogP contribution in [0.3, 0.4) is 0 Å². The number of halogens is 1. The van der Waals surface area contributed by atoms with Crippen molar-refractivity contribution in [1.29, 1.82) is 0 Å². The maximum Gasteiger partial charge on any atom is 0.305 e. The Kier molecular flexibility index (Phi) is 3.38. The number of benzene rings is 1. The molecule has 0 saturated carbocycles. The van der Waals surface area contributed by atoms with Crippen molar-refractivity contribution in [1.82, 2.24) is 9.97 Å². The van der Waals surface area contributed by atoms with Crippen LogP contribution in [0.5, 0.6) is 0 Å². The molecular weight excluding hydrogens is 245 g/mol. The molecule has 0 spiro atoms. The largest absolute Gasteiger partial charge is 0.340 e. The molecule has 88 valence electrons. The molecular formula is C10H8FN3O2S. The number of nitrogens with one attached hydrogen (secondary N) is 1. The number of hydrogen-bond donors (Lipinski definition) is 1. The number of aromatic nitrogens is 2. The smallest absolute Gasteiger partial charge is 0.305 e. The zero-order valence-electron chi connectivity index (χ0n) is 8.59. The van der Waals surface area contributed by atoms with Gasteiger partial charge in [0.25, 0.3) is 0 Å². The molecule has 0 bridgehead atoms. The number of thioether (sulfide) groups is 1. The lowest BCUT2D eigenvalue weighted by atomic mass is 10.2. The second-order valence-corrected chi connectivity index (χ2v) is 4.15. The molecule has 0 aliphatic heterocycles. The van der Waals surface area contributed by atoms with E-state index in [9.17, 15) is 14.5 Å². The summed E-state index contributed by atoms with van der Waals surface area (Å²) in [6.07, 6.45) is 3.25. The quantitative estimate of drug-likeness (QED) is 0.516. The monoisotopic (exact) mass is 253 g/mol. The molecule has 5 nitrogen and oxygen atoms in total. The second kappa shape index (κ2) is 4.96. The van der Waals surface area contributed by atoms with Crippen molar-refractivity contribution in [3.63, 3.8) is 0 Å². The first-order valence-electron chi connectivity index (χ1n) is 4.72. The Morgan fingerprint density at radius 3 is 3.00 bits per heavy atom. The predicted molar refractivity (Wildman–Crippen MR) is 61.2 cm³/mol. The van der Waals surface area contributed by atoms with Crippen molar-refractivity contribution in [2.45, 2.75) is 10.9 Å². The lowest BCUT2D eigenvalue weighted by Gasteiger charge is -2.01. The van der Waals surface area contributed by atoms with Gasteiger partial charge in [-0.25, -0.2) is 4.98 Å². The molecule has 0 atom stereocenters. The minimum absolute atomic E-state index is 0.292. The van der Waals surface area contributed by atoms with Gasteiger partial charge in [-0.1, -0.05) is 23.9 Å². The van der Waals surface area contributed by atoms with Crippen molar-refractivity contribution in [3.05, 3.63) is 52.1 Å². The summed E-state index contributed by atoms with van der Waals surface area (Å²) in [5.74, 6) is -0.488. The highest BCUT2D eigenvalue weighted by Gasteiger charge is 2.17. The molecule has 1 N–H and O–H groups in total. The Morgan fingerprint density at radius 2 is 2.35 bits per heavy atom. The third-order valence-corrected chi connectivity index (χ3v) is 3.04. The zero-order chi connectivity index (χ0) is 12.3. The Bertz CT molecular complexity index is 530. The lowest BCUT2D eigenvalue weighted by Crippen LogP contribution is -1.96. The topological polar surface area (TPSA) is 71.8 Å². The SMILES string of the molecule is O=[N+]([O-])c1cccc(CSc2ncc[nH]2)c1F. The second-order valence-electron chi connectivity index (χ2n) is 3.19. The van der Waals surface area contributed by atoms with E-state index in [4.69, 9.17) is 0 Å². The van der Waals surface area contributed by atoms with Gasteiger partial charge in [0.1, 0.15) is 0 Å². The van der Waals surface area contributed by atoms with Crippen molar-refractivity contribution in [3.8, 4) is 0 Å². The minimum Gasteiger partial charge on any atom is -0.340 e. The number of H-pyrrole nitrogens is 1. The van der Waals surface area contributed by atoms with Crippen LogP contribution in [0.15, 0.2) is 35.7 Å². The van der Waals surface area contributed by atoms with Crippen LogP contribution < -0.4 is 0 Å². The summed E-state index contributed by atoms with van der Waals surface area (Å²) in [7, 11) is 0. The van der Waals surface area contributed by atoms with E-state index in [1.54, 1.807) is 12.4 Å². The first kappa shape index (κ1) is 11.6. The van der Waals surface area contributed by atoms with Gasteiger partial charge in [0.15, 0.2) is 5.16 Å². The summed E-state index contributed by atoms with van der Waals surface area (Å²) in [5, 5.41) is 11.2. The molecule has 1 aromatic heterocycles. The molecule has 2 aromatic rings. The summed E-state index contributed by atoms with van der Waals surface area (Å²) in [4.78, 5) is 16.7. The van der Waals surface area contributed by atoms with E-state index in [1.165, 1.54) is 23.9 Å². The molecule has 1 heterocycles. The predicted octanol–water partition coefficient (Wildman–Crippen LogP) is 2.75. The van der Waals surface area contributed by atoms with Crippen molar-refractivity contribution in [2.75, 3.05) is 0 Å². The first-order valence-corrected chi connectivity index (χ1v) is 5.71. The van der Waals surface area contributed by atoms with E-state index >= 15 is 0 Å². The average Bonchev–Trinajstić information content (AvgIpc) is 2.80. The molecule has 0 aliphatic rings. The Morgan fingerprint density at radius 1 is 1.53 bits per heavy atom. The highest BCUT2D eigenvalue weighted by atomic mass is 32.2. The Labute approximate surface area is 100 Å². The van der Waals surface area contributed by atoms with Gasteiger partial charge in [-0.05, 0) is 0 Å². The third kappa shape index (κ3) is 2.62. The van der Waals surface area contributed by atoms with Crippen LogP contribution in [-0.4, -0.2) is 14.9 Å². The third-order valence-electron chi connectivity index (χ3n) is 2.09. The Hall–Kier alpha value is -1.89. The highest BCUT2D eigenvalue weighted by Crippen LogP contribution is 2.25. The van der Waals surface area contributed by atoms with E-state index < -0.39 is 16.4 Å². The summed E-state index contributed by atoms with van der Waals surface area (Å²) >= 11 is 1.29. The number of nitrogens with zero attached hydrogens (tertiary/aromatic N) is 2. The normalized spacial score (nSPS) is 10.4. The van der Waals surface area contributed by atoms with E-state index in [0.29, 0.717) is 16.5 Å². The molecule has 0 amide bonds. The number of nitro benzene ring substituents is 1. The van der Waals surface area contributed by atoms with Gasteiger partial charge in [-0.3, -0.25) is 10.1 Å². The fourth-order valence-corrected chi connectivity index (χ4v) is 2.10. The van der Waals surface area contributed by atoms with Crippen molar-refractivity contribution in [2.24, 2.45) is 0 Å². The minimum atomic E-state index is -0.781. The molecule has 0 radical (unpaired) electrons. The molecule has 2 rings (SSSR count). The molecule has 17 heavy (non-hydrogen) atoms. The van der Waals surface area contributed by atoms with E-state index in [2.05, 4.69) is 9.97 Å². The van der Waals surface area contributed by atoms with Crippen molar-refractivity contribution < 1.29 is 9.31 Å². The maximum atomic E-state index is 13.7. The molecule has 7 heteroatoms. The summed E-state index contributed by atoms with van der Waals surface area (Å²) < 4.78 is 13.7. The first-order chi connectivity index (χ1) is 8.18. The standard InChI is InChI=1S/C10H8FN3O2S/c11-9-7(2-1-3-8(9)14(15)16)6-17-10-12-4-5-13-10/h1-5H,6H2,(H,12,13). The van der Waals surface area contributed by atoms with Gasteiger partial charge in [-0.15, -0.1) is 0 Å². The van der Waals surface area contributed by atoms with E-state index in [1.807, 2.05) is 0 Å². The maximum absolute atomic E-state index is 13.7. The molecule has 0 fully saturated rings. The number of imidazole rings is 1. The Balaban J connectivity index is 2.16. The van der Waals surface area contributed by atoms with Gasteiger partial charge >= 0.3 is 5.69 Å². The van der Waals surface area contributed by atoms with Gasteiger partial charge < -0.3 is 4.98 Å². The van der Waals surface area contributed by atoms with Crippen LogP contribution in [0.1, 0.15) is 5.56 Å². The van der Waals surface area contributed by atoms with Crippen LogP contribution in [-0.2, 0) is 5.75 Å². The fourth-order valence-electron chi connectivity index (χ4n) is 1.29. The molecule has 0 unspecified atom stereocenters. The van der Waals surface area contributed by atoms with E-state index in [0.717, 1.165) is 6.07 Å². The fraction of sp³-hybridized carbons (Fsp3) is 0.100. The number of rotatable bonds is 4. The van der Waals surface area contributed by atoms with E-state index in [-0.39, 0.29) is 0 Å². The molecule has 0 saturated heterocycles. The van der Waals surface area contributed by atoms with Gasteiger partial charge in [0.2, 0.25) is 5.82 Å². The number of hydrogen-bond acceptors (Lipinski definition) is 4. The lowest BCUT2D eigenvalue weighted by molar-refractivity contribution is -0.387. The molecule has 1 aromatic carbocycles. The van der Waals surface area contributed by atoms with Gasteiger partial charge in [0.05, 0.1) is 4.92 Å². The van der Waals surface area contributed by atoms with Crippen LogP contribution in [0.4, 0.5) is 10.1 Å². The summed E-state index contributed by atoms with van der Waals surface area (Å²) in [6, 6.07) is 4.15. The van der Waals surface area contributed by atoms with Gasteiger partial charge in [-0.2, -0.15) is 4.39 Å². The highest BCUT2D eigenvalue weighted by molar-refractivity contribution is 7.98.